The topological polar surface area (TPSA) is 38.7 Å². The van der Waals surface area contributed by atoms with Gasteiger partial charge in [0.15, 0.2) is 11.6 Å². The van der Waals surface area contributed by atoms with E-state index in [-0.39, 0.29) is 18.3 Å². The number of aliphatic hydroxyl groups excluding tert-OH is 1. The molecule has 0 bridgehead atoms. The van der Waals surface area contributed by atoms with Gasteiger partial charge >= 0.3 is 0 Å². The van der Waals surface area contributed by atoms with Crippen LogP contribution in [0.2, 0.25) is 0 Å². The van der Waals surface area contributed by atoms with Crippen LogP contribution in [0.25, 0.3) is 11.1 Å². The first-order valence-corrected chi connectivity index (χ1v) is 11.6. The highest BCUT2D eigenvalue weighted by Gasteiger charge is 2.33. The average Bonchev–Trinajstić information content (AvgIpc) is 2.79. The monoisotopic (exact) mass is 430 g/mol. The molecule has 1 aliphatic heterocycles. The van der Waals surface area contributed by atoms with E-state index < -0.39 is 24.0 Å². The molecule has 0 spiro atoms. The molecule has 2 aromatic carbocycles. The fourth-order valence-electron chi connectivity index (χ4n) is 4.97. The Bertz CT molecular complexity index is 906. The minimum atomic E-state index is -0.709. The quantitative estimate of drug-likeness (QED) is 0.541. The third kappa shape index (κ3) is 4.78. The van der Waals surface area contributed by atoms with E-state index in [4.69, 9.17) is 9.47 Å². The average molecular weight is 431 g/mol. The van der Waals surface area contributed by atoms with Crippen molar-refractivity contribution in [3.63, 3.8) is 0 Å². The van der Waals surface area contributed by atoms with Crippen LogP contribution in [-0.2, 0) is 11.3 Å². The van der Waals surface area contributed by atoms with Crippen molar-refractivity contribution in [3.8, 4) is 16.9 Å². The molecule has 5 heteroatoms. The van der Waals surface area contributed by atoms with Gasteiger partial charge in [0.25, 0.3) is 0 Å². The molecule has 2 unspecified atom stereocenters. The lowest BCUT2D eigenvalue weighted by Gasteiger charge is -2.36. The van der Waals surface area contributed by atoms with Gasteiger partial charge in [0, 0.05) is 17.0 Å². The fourth-order valence-corrected chi connectivity index (χ4v) is 4.97. The number of ether oxygens (including phenoxy) is 2. The van der Waals surface area contributed by atoms with Crippen molar-refractivity contribution in [2.75, 3.05) is 0 Å². The molecular formula is C26H32F2O3. The van der Waals surface area contributed by atoms with E-state index in [0.717, 1.165) is 18.8 Å². The molecule has 2 aromatic rings. The molecule has 1 heterocycles. The van der Waals surface area contributed by atoms with Gasteiger partial charge in [0.1, 0.15) is 5.82 Å². The maximum absolute atomic E-state index is 15.0. The molecule has 1 N–H and O–H groups in total. The summed E-state index contributed by atoms with van der Waals surface area (Å²) >= 11 is 0. The van der Waals surface area contributed by atoms with Crippen LogP contribution in [0.1, 0.15) is 76.0 Å². The highest BCUT2D eigenvalue weighted by molar-refractivity contribution is 5.67. The molecule has 168 valence electrons. The SMILES string of the molecule is CCCC1CCC(C2OCc3cc(-c4ccc(C(O)CC)cc4F)cc(F)c3O2)CC1. The van der Waals surface area contributed by atoms with Crippen molar-refractivity contribution in [3.05, 3.63) is 53.1 Å². The smallest absolute Gasteiger partial charge is 0.203 e. The molecule has 4 rings (SSSR count). The zero-order valence-corrected chi connectivity index (χ0v) is 18.4. The summed E-state index contributed by atoms with van der Waals surface area (Å²) in [5.74, 6) is 0.335. The van der Waals surface area contributed by atoms with Crippen LogP contribution in [-0.4, -0.2) is 11.4 Å². The van der Waals surface area contributed by atoms with E-state index >= 15 is 0 Å². The molecule has 1 saturated carbocycles. The first-order valence-electron chi connectivity index (χ1n) is 11.6. The van der Waals surface area contributed by atoms with Crippen LogP contribution in [0, 0.1) is 23.5 Å². The minimum Gasteiger partial charge on any atom is -0.461 e. The summed E-state index contributed by atoms with van der Waals surface area (Å²) in [6, 6.07) is 7.65. The van der Waals surface area contributed by atoms with E-state index in [0.29, 0.717) is 28.7 Å². The highest BCUT2D eigenvalue weighted by Crippen LogP contribution is 2.40. The normalized spacial score (nSPS) is 24.4. The number of aliphatic hydroxyl groups is 1. The Hall–Kier alpha value is -1.98. The zero-order chi connectivity index (χ0) is 22.0. The standard InChI is InChI=1S/C26H32F2O3/c1-3-5-16-6-8-17(9-7-16)26-30-15-20-12-19(14-23(28)25(20)31-26)21-11-10-18(13-22(21)27)24(29)4-2/h10-14,16-17,24,26,29H,3-9,15H2,1-2H3. The van der Waals surface area contributed by atoms with Crippen LogP contribution in [0.15, 0.2) is 30.3 Å². The summed E-state index contributed by atoms with van der Waals surface area (Å²) in [5, 5.41) is 9.93. The van der Waals surface area contributed by atoms with Crippen LogP contribution in [0.4, 0.5) is 8.78 Å². The van der Waals surface area contributed by atoms with Crippen LogP contribution in [0.5, 0.6) is 5.75 Å². The van der Waals surface area contributed by atoms with Crippen LogP contribution < -0.4 is 4.74 Å². The fraction of sp³-hybridized carbons (Fsp3) is 0.538. The van der Waals surface area contributed by atoms with Gasteiger partial charge in [-0.25, -0.2) is 8.78 Å². The Kier molecular flexibility index (Phi) is 6.92. The van der Waals surface area contributed by atoms with Crippen LogP contribution in [0.3, 0.4) is 0 Å². The van der Waals surface area contributed by atoms with Gasteiger partial charge in [-0.1, -0.05) is 38.8 Å². The number of fused-ring (bicyclic) bond motifs is 1. The van der Waals surface area contributed by atoms with Crippen molar-refractivity contribution < 1.29 is 23.4 Å². The Labute approximate surface area is 183 Å². The van der Waals surface area contributed by atoms with Crippen LogP contribution >= 0.6 is 0 Å². The predicted molar refractivity (Wildman–Crippen MR) is 117 cm³/mol. The van der Waals surface area contributed by atoms with E-state index in [9.17, 15) is 13.9 Å². The second kappa shape index (κ2) is 9.66. The highest BCUT2D eigenvalue weighted by atomic mass is 19.1. The van der Waals surface area contributed by atoms with Crippen molar-refractivity contribution in [1.82, 2.24) is 0 Å². The van der Waals surface area contributed by atoms with Gasteiger partial charge < -0.3 is 14.6 Å². The van der Waals surface area contributed by atoms with E-state index in [1.165, 1.54) is 37.8 Å². The third-order valence-corrected chi connectivity index (χ3v) is 6.81. The van der Waals surface area contributed by atoms with E-state index in [1.807, 2.05) is 6.92 Å². The Morgan fingerprint density at radius 3 is 2.48 bits per heavy atom. The Balaban J connectivity index is 1.50. The molecule has 1 aliphatic carbocycles. The molecule has 0 radical (unpaired) electrons. The van der Waals surface area contributed by atoms with Gasteiger partial charge in [0.2, 0.25) is 6.29 Å². The van der Waals surface area contributed by atoms with Gasteiger partial charge in [0.05, 0.1) is 12.7 Å². The number of rotatable bonds is 6. The second-order valence-corrected chi connectivity index (χ2v) is 8.98. The summed E-state index contributed by atoms with van der Waals surface area (Å²) in [7, 11) is 0. The molecule has 2 aliphatic rings. The first kappa shape index (κ1) is 22.2. The predicted octanol–water partition coefficient (Wildman–Crippen LogP) is 6.92. The minimum absolute atomic E-state index is 0.231. The van der Waals surface area contributed by atoms with Gasteiger partial charge in [-0.2, -0.15) is 0 Å². The summed E-state index contributed by atoms with van der Waals surface area (Å²) in [6.45, 7) is 4.32. The maximum atomic E-state index is 15.0. The molecule has 0 saturated heterocycles. The molecule has 3 nitrogen and oxygen atoms in total. The van der Waals surface area contributed by atoms with Crippen molar-refractivity contribution in [1.29, 1.82) is 0 Å². The molecular weight excluding hydrogens is 398 g/mol. The third-order valence-electron chi connectivity index (χ3n) is 6.81. The van der Waals surface area contributed by atoms with Gasteiger partial charge in [-0.05, 0) is 67.3 Å². The summed E-state index contributed by atoms with van der Waals surface area (Å²) < 4.78 is 41.6. The molecule has 1 fully saturated rings. The maximum Gasteiger partial charge on any atom is 0.203 e. The zero-order valence-electron chi connectivity index (χ0n) is 18.4. The molecule has 0 amide bonds. The number of halogens is 2. The summed E-state index contributed by atoms with van der Waals surface area (Å²) in [4.78, 5) is 0. The van der Waals surface area contributed by atoms with E-state index in [1.54, 1.807) is 18.2 Å². The van der Waals surface area contributed by atoms with Gasteiger partial charge in [-0.15, -0.1) is 0 Å². The summed E-state index contributed by atoms with van der Waals surface area (Å²) in [5.41, 5.74) is 1.86. The summed E-state index contributed by atoms with van der Waals surface area (Å²) in [6.07, 6.45) is 6.32. The largest absolute Gasteiger partial charge is 0.461 e. The molecule has 31 heavy (non-hydrogen) atoms. The Morgan fingerprint density at radius 1 is 1.03 bits per heavy atom. The van der Waals surface area contributed by atoms with Crippen molar-refractivity contribution in [2.45, 2.75) is 77.8 Å². The lowest BCUT2D eigenvalue weighted by atomic mass is 9.79. The molecule has 0 aromatic heterocycles. The first-order chi connectivity index (χ1) is 15.0. The molecule has 2 atom stereocenters. The number of hydrogen-bond donors (Lipinski definition) is 1. The lowest BCUT2D eigenvalue weighted by Crippen LogP contribution is -2.35. The number of hydrogen-bond acceptors (Lipinski definition) is 3. The van der Waals surface area contributed by atoms with E-state index in [2.05, 4.69) is 6.92 Å². The van der Waals surface area contributed by atoms with Gasteiger partial charge in [-0.3, -0.25) is 0 Å². The second-order valence-electron chi connectivity index (χ2n) is 8.98. The Morgan fingerprint density at radius 2 is 1.81 bits per heavy atom. The lowest BCUT2D eigenvalue weighted by molar-refractivity contribution is -0.150. The van der Waals surface area contributed by atoms with Crippen molar-refractivity contribution >= 4 is 0 Å². The van der Waals surface area contributed by atoms with Crippen molar-refractivity contribution in [2.24, 2.45) is 11.8 Å². The number of benzene rings is 2.